The Morgan fingerprint density at radius 2 is 1.43 bits per heavy atom. The van der Waals surface area contributed by atoms with Crippen LogP contribution in [0.3, 0.4) is 0 Å². The molecule has 0 aliphatic carbocycles. The number of nitrogens with zero attached hydrogens (tertiary/aromatic N) is 1. The SMILES string of the molecule is COC(=O)C1=C(C)N(c2ccc(OC)cc2)C(C)=C(C(=O)OC)C1[C@@H]1O[C@H]2OC(C)(C)O[C@H]2[C@@H]1OCc1ccccc1. The number of anilines is 1. The maximum Gasteiger partial charge on any atom is 0.336 e. The summed E-state index contributed by atoms with van der Waals surface area (Å²) in [5.41, 5.74) is 3.32. The van der Waals surface area contributed by atoms with Gasteiger partial charge in [-0.1, -0.05) is 30.3 Å². The molecule has 3 heterocycles. The van der Waals surface area contributed by atoms with Crippen molar-refractivity contribution < 1.29 is 42.7 Å². The molecule has 3 aliphatic rings. The number of rotatable bonds is 8. The van der Waals surface area contributed by atoms with Crippen LogP contribution in [0.15, 0.2) is 77.1 Å². The summed E-state index contributed by atoms with van der Waals surface area (Å²) in [6, 6.07) is 17.0. The smallest absolute Gasteiger partial charge is 0.336 e. The van der Waals surface area contributed by atoms with Crippen LogP contribution in [0.1, 0.15) is 33.3 Å². The standard InChI is InChI=1S/C32H37NO9/c1-18-23(29(34)37-6)25(24(30(35)38-7)19(2)33(18)21-13-15-22(36-5)16-14-21)26-27(39-17-20-11-9-8-10-12-20)28-31(40-26)42-32(3,4)41-28/h8-16,25-28,31H,17H2,1-7H3/t26-,27+,28-,31-/m0/s1. The molecule has 2 fully saturated rings. The van der Waals surface area contributed by atoms with Crippen molar-refractivity contribution in [3.8, 4) is 5.75 Å². The van der Waals surface area contributed by atoms with Crippen LogP contribution in [-0.4, -0.2) is 63.7 Å². The number of methoxy groups -OCH3 is 3. The molecule has 0 bridgehead atoms. The van der Waals surface area contributed by atoms with Gasteiger partial charge in [-0.3, -0.25) is 0 Å². The van der Waals surface area contributed by atoms with E-state index in [2.05, 4.69) is 0 Å². The number of fused-ring (bicyclic) bond motifs is 1. The summed E-state index contributed by atoms with van der Waals surface area (Å²) in [6.07, 6.45) is -2.92. The van der Waals surface area contributed by atoms with Crippen molar-refractivity contribution in [1.29, 1.82) is 0 Å². The number of esters is 2. The van der Waals surface area contributed by atoms with E-state index in [9.17, 15) is 9.59 Å². The fourth-order valence-corrected chi connectivity index (χ4v) is 6.03. The number of benzene rings is 2. The third-order valence-corrected chi connectivity index (χ3v) is 7.85. The van der Waals surface area contributed by atoms with Crippen LogP contribution in [-0.2, 0) is 44.6 Å². The van der Waals surface area contributed by atoms with Crippen LogP contribution in [0.5, 0.6) is 5.75 Å². The molecule has 224 valence electrons. The second kappa shape index (κ2) is 11.9. The fraction of sp³-hybridized carbons (Fsp3) is 0.438. The molecule has 2 aromatic rings. The molecule has 0 N–H and O–H groups in total. The third-order valence-electron chi connectivity index (χ3n) is 7.85. The van der Waals surface area contributed by atoms with Gasteiger partial charge in [-0.25, -0.2) is 9.59 Å². The molecule has 0 unspecified atom stereocenters. The molecule has 10 nitrogen and oxygen atoms in total. The monoisotopic (exact) mass is 579 g/mol. The number of hydrogen-bond donors (Lipinski definition) is 0. The topological polar surface area (TPSA) is 102 Å². The molecule has 10 heteroatoms. The summed E-state index contributed by atoms with van der Waals surface area (Å²) in [5, 5.41) is 0. The predicted molar refractivity (Wildman–Crippen MR) is 152 cm³/mol. The summed E-state index contributed by atoms with van der Waals surface area (Å²) < 4.78 is 41.2. The maximum absolute atomic E-state index is 13.6. The highest BCUT2D eigenvalue weighted by Crippen LogP contribution is 2.48. The lowest BCUT2D eigenvalue weighted by Gasteiger charge is -2.40. The molecule has 5 rings (SSSR count). The van der Waals surface area contributed by atoms with E-state index in [4.69, 9.17) is 33.2 Å². The van der Waals surface area contributed by atoms with Crippen molar-refractivity contribution in [3.63, 3.8) is 0 Å². The normalized spacial score (nSPS) is 25.5. The average Bonchev–Trinajstić information content (AvgIpc) is 3.47. The van der Waals surface area contributed by atoms with Gasteiger partial charge in [-0.05, 0) is 57.5 Å². The first-order chi connectivity index (χ1) is 20.1. The van der Waals surface area contributed by atoms with Crippen LogP contribution < -0.4 is 9.64 Å². The number of ether oxygens (including phenoxy) is 7. The van der Waals surface area contributed by atoms with Crippen LogP contribution in [0.25, 0.3) is 0 Å². The highest BCUT2D eigenvalue weighted by Gasteiger charge is 2.60. The minimum Gasteiger partial charge on any atom is -0.497 e. The zero-order valence-corrected chi connectivity index (χ0v) is 24.9. The van der Waals surface area contributed by atoms with Crippen molar-refractivity contribution in [2.45, 2.75) is 64.7 Å². The van der Waals surface area contributed by atoms with Crippen molar-refractivity contribution >= 4 is 17.6 Å². The maximum atomic E-state index is 13.6. The molecule has 42 heavy (non-hydrogen) atoms. The highest BCUT2D eigenvalue weighted by atomic mass is 16.8. The van der Waals surface area contributed by atoms with E-state index in [1.807, 2.05) is 73.3 Å². The Hall–Kier alpha value is -3.70. The zero-order chi connectivity index (χ0) is 30.2. The minimum absolute atomic E-state index is 0.247. The Bertz CT molecular complexity index is 1340. The number of hydrogen-bond acceptors (Lipinski definition) is 10. The second-order valence-electron chi connectivity index (χ2n) is 10.8. The zero-order valence-electron chi connectivity index (χ0n) is 24.9. The molecule has 0 spiro atoms. The summed E-state index contributed by atoms with van der Waals surface area (Å²) in [5.74, 6) is -2.34. The van der Waals surface area contributed by atoms with E-state index in [-0.39, 0.29) is 17.8 Å². The van der Waals surface area contributed by atoms with Gasteiger partial charge in [-0.15, -0.1) is 0 Å². The van der Waals surface area contributed by atoms with Crippen molar-refractivity contribution in [3.05, 3.63) is 82.7 Å². The van der Waals surface area contributed by atoms with Gasteiger partial charge in [0.15, 0.2) is 12.1 Å². The van der Waals surface area contributed by atoms with Crippen molar-refractivity contribution in [1.82, 2.24) is 0 Å². The Morgan fingerprint density at radius 1 is 0.833 bits per heavy atom. The first kappa shape index (κ1) is 29.8. The van der Waals surface area contributed by atoms with E-state index in [1.54, 1.807) is 21.0 Å². The molecule has 0 amide bonds. The van der Waals surface area contributed by atoms with Crippen LogP contribution in [0.4, 0.5) is 5.69 Å². The lowest BCUT2D eigenvalue weighted by Crippen LogP contribution is -2.47. The Kier molecular flexibility index (Phi) is 8.43. The Balaban J connectivity index is 1.63. The summed E-state index contributed by atoms with van der Waals surface area (Å²) in [7, 11) is 4.20. The molecule has 0 aromatic heterocycles. The molecule has 4 atom stereocenters. The lowest BCUT2D eigenvalue weighted by molar-refractivity contribution is -0.223. The van der Waals surface area contributed by atoms with Crippen LogP contribution in [0, 0.1) is 5.92 Å². The summed E-state index contributed by atoms with van der Waals surface area (Å²) in [4.78, 5) is 29.0. The van der Waals surface area contributed by atoms with Gasteiger partial charge >= 0.3 is 11.9 Å². The molecular weight excluding hydrogens is 542 g/mol. The quantitative estimate of drug-likeness (QED) is 0.416. The fourth-order valence-electron chi connectivity index (χ4n) is 6.03. The van der Waals surface area contributed by atoms with Gasteiger partial charge in [0.05, 0.1) is 45.0 Å². The first-order valence-corrected chi connectivity index (χ1v) is 13.8. The van der Waals surface area contributed by atoms with E-state index in [1.165, 1.54) is 14.2 Å². The highest BCUT2D eigenvalue weighted by molar-refractivity contribution is 6.00. The average molecular weight is 580 g/mol. The van der Waals surface area contributed by atoms with Gasteiger partial charge in [0.1, 0.15) is 24.1 Å². The minimum atomic E-state index is -0.903. The van der Waals surface area contributed by atoms with Crippen molar-refractivity contribution in [2.75, 3.05) is 26.2 Å². The first-order valence-electron chi connectivity index (χ1n) is 13.8. The van der Waals surface area contributed by atoms with E-state index in [0.717, 1.165) is 11.3 Å². The number of allylic oxidation sites excluding steroid dienone is 2. The van der Waals surface area contributed by atoms with E-state index < -0.39 is 48.2 Å². The van der Waals surface area contributed by atoms with Gasteiger partial charge in [0.25, 0.3) is 0 Å². The van der Waals surface area contributed by atoms with Gasteiger partial charge < -0.3 is 38.1 Å². The Morgan fingerprint density at radius 3 is 1.98 bits per heavy atom. The van der Waals surface area contributed by atoms with Crippen LogP contribution >= 0.6 is 0 Å². The second-order valence-corrected chi connectivity index (χ2v) is 10.8. The van der Waals surface area contributed by atoms with Gasteiger partial charge in [0, 0.05) is 17.1 Å². The van der Waals surface area contributed by atoms with Crippen LogP contribution in [0.2, 0.25) is 0 Å². The third kappa shape index (κ3) is 5.43. The molecule has 3 aliphatic heterocycles. The molecule has 2 aromatic carbocycles. The number of carbonyl (C=O) groups excluding carboxylic acids is 2. The molecule has 2 saturated heterocycles. The molecular formula is C32H37NO9. The van der Waals surface area contributed by atoms with Gasteiger partial charge in [-0.2, -0.15) is 0 Å². The summed E-state index contributed by atoms with van der Waals surface area (Å²) in [6.45, 7) is 7.49. The van der Waals surface area contributed by atoms with E-state index in [0.29, 0.717) is 17.1 Å². The van der Waals surface area contributed by atoms with Gasteiger partial charge in [0.2, 0.25) is 0 Å². The molecule has 0 radical (unpaired) electrons. The van der Waals surface area contributed by atoms with Crippen molar-refractivity contribution in [2.24, 2.45) is 5.92 Å². The van der Waals surface area contributed by atoms with E-state index >= 15 is 0 Å². The predicted octanol–water partition coefficient (Wildman–Crippen LogP) is 4.49. The Labute approximate surface area is 245 Å². The lowest BCUT2D eigenvalue weighted by atomic mass is 9.78. The molecule has 0 saturated carbocycles. The summed E-state index contributed by atoms with van der Waals surface area (Å²) >= 11 is 0. The largest absolute Gasteiger partial charge is 0.497 e. The number of carbonyl (C=O) groups is 2.